The maximum absolute atomic E-state index is 6.21. The van der Waals surface area contributed by atoms with E-state index in [1.54, 1.807) is 0 Å². The standard InChI is InChI=1S/C22H23N2O/c1-14-8-15(2)21(16(3)9-14)23-11-18-12-25-20-10-17-6-4-5-7-19(17)22(20)24(18)13-23/h4-9,11,13,20,22H,10,12H2,1-3H3/q+1/t20-,22+/m1/s1. The van der Waals surface area contributed by atoms with E-state index in [0.29, 0.717) is 12.6 Å². The Bertz CT molecular complexity index is 962. The lowest BCUT2D eigenvalue weighted by Crippen LogP contribution is -2.32. The summed E-state index contributed by atoms with van der Waals surface area (Å²) < 4.78 is 10.9. The minimum atomic E-state index is 0.256. The topological polar surface area (TPSA) is 18.0 Å². The minimum absolute atomic E-state index is 0.256. The Kier molecular flexibility index (Phi) is 3.16. The SMILES string of the molecule is Cc1cc(C)c(-[n+]2cc3n(c2)[C@H]2c4ccccc4C[C@H]2OC3)c(C)c1. The number of hydrogen-bond acceptors (Lipinski definition) is 1. The van der Waals surface area contributed by atoms with Crippen molar-refractivity contribution in [3.05, 3.63) is 82.4 Å². The third kappa shape index (κ3) is 2.19. The third-order valence-corrected chi connectivity index (χ3v) is 5.65. The van der Waals surface area contributed by atoms with Crippen molar-refractivity contribution in [2.45, 2.75) is 45.9 Å². The summed E-state index contributed by atoms with van der Waals surface area (Å²) in [4.78, 5) is 0. The number of fused-ring (bicyclic) bond motifs is 5. The van der Waals surface area contributed by atoms with Gasteiger partial charge in [-0.2, -0.15) is 0 Å². The van der Waals surface area contributed by atoms with Gasteiger partial charge in [0.05, 0.1) is 0 Å². The molecule has 0 bridgehead atoms. The third-order valence-electron chi connectivity index (χ3n) is 5.65. The van der Waals surface area contributed by atoms with Crippen molar-refractivity contribution in [1.82, 2.24) is 4.57 Å². The van der Waals surface area contributed by atoms with E-state index in [4.69, 9.17) is 4.74 Å². The lowest BCUT2D eigenvalue weighted by Gasteiger charge is -2.24. The molecule has 126 valence electrons. The summed E-state index contributed by atoms with van der Waals surface area (Å²) in [5.74, 6) is 0. The molecule has 2 aliphatic rings. The Hall–Kier alpha value is -2.39. The van der Waals surface area contributed by atoms with E-state index in [-0.39, 0.29) is 6.10 Å². The van der Waals surface area contributed by atoms with Crippen LogP contribution in [-0.4, -0.2) is 10.7 Å². The average Bonchev–Trinajstić information content (AvgIpc) is 3.13. The van der Waals surface area contributed by atoms with Gasteiger partial charge in [-0.25, -0.2) is 9.13 Å². The highest BCUT2D eigenvalue weighted by molar-refractivity contribution is 5.43. The highest BCUT2D eigenvalue weighted by Gasteiger charge is 2.42. The monoisotopic (exact) mass is 331 g/mol. The second-order valence-corrected chi connectivity index (χ2v) is 7.50. The Morgan fingerprint density at radius 1 is 1.08 bits per heavy atom. The van der Waals surface area contributed by atoms with Gasteiger partial charge in [-0.3, -0.25) is 0 Å². The van der Waals surface area contributed by atoms with Crippen LogP contribution in [0.15, 0.2) is 48.9 Å². The van der Waals surface area contributed by atoms with Gasteiger partial charge in [0.2, 0.25) is 6.33 Å². The van der Waals surface area contributed by atoms with Gasteiger partial charge in [0.25, 0.3) is 0 Å². The van der Waals surface area contributed by atoms with E-state index >= 15 is 0 Å². The molecule has 0 amide bonds. The molecule has 0 unspecified atom stereocenters. The Morgan fingerprint density at radius 2 is 1.84 bits per heavy atom. The molecule has 2 aromatic carbocycles. The van der Waals surface area contributed by atoms with Crippen LogP contribution in [0, 0.1) is 20.8 Å². The van der Waals surface area contributed by atoms with Gasteiger partial charge in [0, 0.05) is 12.0 Å². The van der Waals surface area contributed by atoms with Crippen LogP contribution in [0.4, 0.5) is 0 Å². The van der Waals surface area contributed by atoms with E-state index in [0.717, 1.165) is 6.42 Å². The summed E-state index contributed by atoms with van der Waals surface area (Å²) in [5.41, 5.74) is 9.32. The number of rotatable bonds is 1. The predicted molar refractivity (Wildman–Crippen MR) is 97.0 cm³/mol. The fourth-order valence-electron chi connectivity index (χ4n) is 4.74. The van der Waals surface area contributed by atoms with Crippen LogP contribution in [0.5, 0.6) is 0 Å². The molecule has 5 rings (SSSR count). The maximum Gasteiger partial charge on any atom is 0.249 e. The molecular formula is C22H23N2O+. The number of aromatic nitrogens is 2. The Labute approximate surface area is 148 Å². The summed E-state index contributed by atoms with van der Waals surface area (Å²) >= 11 is 0. The molecule has 0 spiro atoms. The number of ether oxygens (including phenoxy) is 1. The number of hydrogen-bond donors (Lipinski definition) is 0. The summed E-state index contributed by atoms with van der Waals surface area (Å²) in [6.45, 7) is 7.24. The van der Waals surface area contributed by atoms with Crippen LogP contribution in [0.2, 0.25) is 0 Å². The summed E-state index contributed by atoms with van der Waals surface area (Å²) in [7, 11) is 0. The van der Waals surface area contributed by atoms with Gasteiger partial charge >= 0.3 is 0 Å². The van der Waals surface area contributed by atoms with Gasteiger partial charge in [0.15, 0.2) is 11.7 Å². The minimum Gasteiger partial charge on any atom is -0.364 e. The van der Waals surface area contributed by atoms with Crippen LogP contribution < -0.4 is 4.57 Å². The van der Waals surface area contributed by atoms with Crippen molar-refractivity contribution in [2.75, 3.05) is 0 Å². The van der Waals surface area contributed by atoms with Gasteiger partial charge < -0.3 is 4.74 Å². The first kappa shape index (κ1) is 14.9. The van der Waals surface area contributed by atoms with Crippen molar-refractivity contribution >= 4 is 0 Å². The zero-order chi connectivity index (χ0) is 17.1. The van der Waals surface area contributed by atoms with Crippen LogP contribution >= 0.6 is 0 Å². The van der Waals surface area contributed by atoms with Gasteiger partial charge in [-0.05, 0) is 37.5 Å². The van der Waals surface area contributed by atoms with Gasteiger partial charge in [-0.1, -0.05) is 42.0 Å². The van der Waals surface area contributed by atoms with E-state index < -0.39 is 0 Å². The summed E-state index contributed by atoms with van der Waals surface area (Å²) in [5, 5.41) is 0. The molecule has 3 nitrogen and oxygen atoms in total. The van der Waals surface area contributed by atoms with Crippen molar-refractivity contribution in [1.29, 1.82) is 0 Å². The van der Waals surface area contributed by atoms with Crippen LogP contribution in [0.1, 0.15) is 39.6 Å². The summed E-state index contributed by atoms with van der Waals surface area (Å²) in [6.07, 6.45) is 5.77. The number of imidazole rings is 1. The fourth-order valence-corrected chi connectivity index (χ4v) is 4.74. The highest BCUT2D eigenvalue weighted by Crippen LogP contribution is 2.39. The molecule has 1 aliphatic heterocycles. The second-order valence-electron chi connectivity index (χ2n) is 7.50. The molecule has 1 aliphatic carbocycles. The number of benzene rings is 2. The lowest BCUT2D eigenvalue weighted by atomic mass is 10.1. The van der Waals surface area contributed by atoms with Crippen molar-refractivity contribution < 1.29 is 9.30 Å². The van der Waals surface area contributed by atoms with E-state index in [1.807, 2.05) is 0 Å². The molecule has 0 fully saturated rings. The normalized spacial score (nSPS) is 20.9. The predicted octanol–water partition coefficient (Wildman–Crippen LogP) is 3.73. The molecule has 0 saturated carbocycles. The first-order chi connectivity index (χ1) is 12.1. The Balaban J connectivity index is 1.65. The largest absolute Gasteiger partial charge is 0.364 e. The number of nitrogens with zero attached hydrogens (tertiary/aromatic N) is 2. The molecule has 0 N–H and O–H groups in total. The molecule has 3 heteroatoms. The molecule has 1 aromatic heterocycles. The number of aryl methyl sites for hydroxylation is 3. The van der Waals surface area contributed by atoms with Crippen LogP contribution in [0.3, 0.4) is 0 Å². The molecular weight excluding hydrogens is 308 g/mol. The molecule has 0 saturated heterocycles. The molecule has 3 aromatic rings. The highest BCUT2D eigenvalue weighted by atomic mass is 16.5. The smallest absolute Gasteiger partial charge is 0.249 e. The zero-order valence-corrected chi connectivity index (χ0v) is 15.0. The summed E-state index contributed by atoms with van der Waals surface area (Å²) in [6, 6.07) is 13.6. The van der Waals surface area contributed by atoms with Gasteiger partial charge in [-0.15, -0.1) is 0 Å². The quantitative estimate of drug-likeness (QED) is 0.621. The van der Waals surface area contributed by atoms with Crippen molar-refractivity contribution in [2.24, 2.45) is 0 Å². The molecule has 2 atom stereocenters. The molecule has 25 heavy (non-hydrogen) atoms. The molecule has 2 heterocycles. The second kappa shape index (κ2) is 5.30. The van der Waals surface area contributed by atoms with Gasteiger partial charge in [0.1, 0.15) is 24.6 Å². The average molecular weight is 331 g/mol. The van der Waals surface area contributed by atoms with E-state index in [9.17, 15) is 0 Å². The zero-order valence-electron chi connectivity index (χ0n) is 15.0. The lowest BCUT2D eigenvalue weighted by molar-refractivity contribution is -0.596. The van der Waals surface area contributed by atoms with Crippen molar-refractivity contribution in [3.63, 3.8) is 0 Å². The Morgan fingerprint density at radius 3 is 2.64 bits per heavy atom. The first-order valence-corrected chi connectivity index (χ1v) is 9.01. The first-order valence-electron chi connectivity index (χ1n) is 9.01. The van der Waals surface area contributed by atoms with Crippen LogP contribution in [0.25, 0.3) is 5.69 Å². The van der Waals surface area contributed by atoms with E-state index in [2.05, 4.69) is 78.8 Å². The fraction of sp³-hybridized carbons (Fsp3) is 0.318. The van der Waals surface area contributed by atoms with Crippen LogP contribution in [-0.2, 0) is 17.8 Å². The van der Waals surface area contributed by atoms with Crippen molar-refractivity contribution in [3.8, 4) is 5.69 Å². The van der Waals surface area contributed by atoms with E-state index in [1.165, 1.54) is 39.2 Å². The molecule has 0 radical (unpaired) electrons. The maximum atomic E-state index is 6.21.